The van der Waals surface area contributed by atoms with E-state index in [1.54, 1.807) is 0 Å². The fourth-order valence-electron chi connectivity index (χ4n) is 2.89. The Kier molecular flexibility index (Phi) is 4.25. The number of likely N-dealkylation sites (N-methyl/N-ethyl adjacent to an activating group) is 1. The SMILES string of the molecule is Cc1ccc(N2CCCC2CN(C)C)c(CO)c1. The summed E-state index contributed by atoms with van der Waals surface area (Å²) in [5.41, 5.74) is 3.49. The largest absolute Gasteiger partial charge is 0.392 e. The maximum Gasteiger partial charge on any atom is 0.0702 e. The Labute approximate surface area is 110 Å². The van der Waals surface area contributed by atoms with Crippen molar-refractivity contribution in [2.45, 2.75) is 32.4 Å². The molecule has 1 fully saturated rings. The molecule has 0 aromatic heterocycles. The summed E-state index contributed by atoms with van der Waals surface area (Å²) in [4.78, 5) is 4.71. The van der Waals surface area contributed by atoms with Crippen molar-refractivity contribution in [2.24, 2.45) is 0 Å². The number of benzene rings is 1. The molecule has 3 heteroatoms. The Morgan fingerprint density at radius 3 is 2.83 bits per heavy atom. The summed E-state index contributed by atoms with van der Waals surface area (Å²) >= 11 is 0. The molecule has 1 heterocycles. The van der Waals surface area contributed by atoms with E-state index in [1.165, 1.54) is 24.1 Å². The predicted molar refractivity (Wildman–Crippen MR) is 76.0 cm³/mol. The Morgan fingerprint density at radius 2 is 2.17 bits per heavy atom. The van der Waals surface area contributed by atoms with E-state index in [0.717, 1.165) is 18.7 Å². The first kappa shape index (κ1) is 13.4. The zero-order valence-electron chi connectivity index (χ0n) is 11.7. The van der Waals surface area contributed by atoms with E-state index in [4.69, 9.17) is 0 Å². The van der Waals surface area contributed by atoms with Gasteiger partial charge in [0.25, 0.3) is 0 Å². The van der Waals surface area contributed by atoms with Crippen molar-refractivity contribution in [2.75, 3.05) is 32.1 Å². The molecular weight excluding hydrogens is 224 g/mol. The van der Waals surface area contributed by atoms with Crippen LogP contribution >= 0.6 is 0 Å². The van der Waals surface area contributed by atoms with E-state index in [-0.39, 0.29) is 6.61 Å². The second-order valence-corrected chi connectivity index (χ2v) is 5.54. The molecule has 1 aliphatic heterocycles. The Balaban J connectivity index is 2.24. The molecule has 1 atom stereocenters. The summed E-state index contributed by atoms with van der Waals surface area (Å²) in [5, 5.41) is 9.53. The second-order valence-electron chi connectivity index (χ2n) is 5.54. The van der Waals surface area contributed by atoms with Gasteiger partial charge in [0.15, 0.2) is 0 Å². The van der Waals surface area contributed by atoms with E-state index in [0.29, 0.717) is 6.04 Å². The highest BCUT2D eigenvalue weighted by molar-refractivity contribution is 5.56. The van der Waals surface area contributed by atoms with Crippen molar-refractivity contribution < 1.29 is 5.11 Å². The molecule has 0 saturated carbocycles. The highest BCUT2D eigenvalue weighted by atomic mass is 16.3. The van der Waals surface area contributed by atoms with E-state index in [9.17, 15) is 5.11 Å². The number of nitrogens with zero attached hydrogens (tertiary/aromatic N) is 2. The van der Waals surface area contributed by atoms with Crippen molar-refractivity contribution in [1.82, 2.24) is 4.90 Å². The number of rotatable bonds is 4. The van der Waals surface area contributed by atoms with Crippen LogP contribution in [-0.4, -0.2) is 43.2 Å². The third-order valence-electron chi connectivity index (χ3n) is 3.67. The van der Waals surface area contributed by atoms with Gasteiger partial charge in [-0.05, 0) is 39.9 Å². The molecule has 0 bridgehead atoms. The molecule has 1 unspecified atom stereocenters. The van der Waals surface area contributed by atoms with Crippen LogP contribution in [0.5, 0.6) is 0 Å². The van der Waals surface area contributed by atoms with Crippen molar-refractivity contribution in [3.8, 4) is 0 Å². The van der Waals surface area contributed by atoms with Crippen molar-refractivity contribution in [3.05, 3.63) is 29.3 Å². The molecule has 2 rings (SSSR count). The number of aryl methyl sites for hydroxylation is 1. The first-order chi connectivity index (χ1) is 8.61. The van der Waals surface area contributed by atoms with Crippen molar-refractivity contribution >= 4 is 5.69 Å². The van der Waals surface area contributed by atoms with Crippen LogP contribution in [0, 0.1) is 6.92 Å². The Morgan fingerprint density at radius 1 is 1.39 bits per heavy atom. The highest BCUT2D eigenvalue weighted by Gasteiger charge is 2.26. The van der Waals surface area contributed by atoms with Gasteiger partial charge in [-0.2, -0.15) is 0 Å². The standard InChI is InChI=1S/C15H24N2O/c1-12-6-7-15(13(9-12)11-18)17-8-4-5-14(17)10-16(2)3/h6-7,9,14,18H,4-5,8,10-11H2,1-3H3. The van der Waals surface area contributed by atoms with Gasteiger partial charge in [-0.1, -0.05) is 17.7 Å². The molecule has 1 aromatic rings. The van der Waals surface area contributed by atoms with Crippen LogP contribution < -0.4 is 4.90 Å². The van der Waals surface area contributed by atoms with Gasteiger partial charge in [-0.3, -0.25) is 0 Å². The maximum atomic E-state index is 9.53. The fourth-order valence-corrected chi connectivity index (χ4v) is 2.89. The highest BCUT2D eigenvalue weighted by Crippen LogP contribution is 2.29. The molecule has 0 spiro atoms. The molecular formula is C15H24N2O. The van der Waals surface area contributed by atoms with Crippen LogP contribution in [-0.2, 0) is 6.61 Å². The third kappa shape index (κ3) is 2.85. The molecule has 3 nitrogen and oxygen atoms in total. The van der Waals surface area contributed by atoms with Crippen LogP contribution in [0.4, 0.5) is 5.69 Å². The van der Waals surface area contributed by atoms with Gasteiger partial charge in [-0.25, -0.2) is 0 Å². The first-order valence-corrected chi connectivity index (χ1v) is 6.73. The lowest BCUT2D eigenvalue weighted by molar-refractivity contribution is 0.281. The maximum absolute atomic E-state index is 9.53. The summed E-state index contributed by atoms with van der Waals surface area (Å²) in [5.74, 6) is 0. The number of hydrogen-bond donors (Lipinski definition) is 1. The van der Waals surface area contributed by atoms with Gasteiger partial charge in [0.2, 0.25) is 0 Å². The Bertz CT molecular complexity index is 403. The van der Waals surface area contributed by atoms with Crippen LogP contribution in [0.1, 0.15) is 24.0 Å². The lowest BCUT2D eigenvalue weighted by Gasteiger charge is -2.30. The van der Waals surface area contributed by atoms with E-state index in [2.05, 4.69) is 49.0 Å². The average Bonchev–Trinajstić information content (AvgIpc) is 2.76. The van der Waals surface area contributed by atoms with Crippen molar-refractivity contribution in [1.29, 1.82) is 0 Å². The van der Waals surface area contributed by atoms with Crippen LogP contribution in [0.3, 0.4) is 0 Å². The lowest BCUT2D eigenvalue weighted by atomic mass is 10.1. The number of aliphatic hydroxyl groups is 1. The molecule has 0 amide bonds. The van der Waals surface area contributed by atoms with E-state index < -0.39 is 0 Å². The van der Waals surface area contributed by atoms with Crippen LogP contribution in [0.25, 0.3) is 0 Å². The van der Waals surface area contributed by atoms with E-state index in [1.807, 2.05) is 0 Å². The number of anilines is 1. The minimum absolute atomic E-state index is 0.127. The topological polar surface area (TPSA) is 26.7 Å². The van der Waals surface area contributed by atoms with Gasteiger partial charge < -0.3 is 14.9 Å². The van der Waals surface area contributed by atoms with Gasteiger partial charge in [0.1, 0.15) is 0 Å². The van der Waals surface area contributed by atoms with Gasteiger partial charge in [0, 0.05) is 30.4 Å². The zero-order chi connectivity index (χ0) is 13.1. The van der Waals surface area contributed by atoms with Gasteiger partial charge in [0.05, 0.1) is 6.61 Å². The summed E-state index contributed by atoms with van der Waals surface area (Å²) < 4.78 is 0. The molecule has 0 radical (unpaired) electrons. The fraction of sp³-hybridized carbons (Fsp3) is 0.600. The minimum Gasteiger partial charge on any atom is -0.392 e. The van der Waals surface area contributed by atoms with Crippen LogP contribution in [0.2, 0.25) is 0 Å². The third-order valence-corrected chi connectivity index (χ3v) is 3.67. The summed E-state index contributed by atoms with van der Waals surface area (Å²) in [6.07, 6.45) is 2.49. The molecule has 0 aliphatic carbocycles. The molecule has 18 heavy (non-hydrogen) atoms. The molecule has 100 valence electrons. The lowest BCUT2D eigenvalue weighted by Crippen LogP contribution is -2.38. The Hall–Kier alpha value is -1.06. The normalized spacial score (nSPS) is 19.8. The molecule has 1 N–H and O–H groups in total. The molecule has 1 saturated heterocycles. The second kappa shape index (κ2) is 5.72. The van der Waals surface area contributed by atoms with Crippen molar-refractivity contribution in [3.63, 3.8) is 0 Å². The molecule has 1 aliphatic rings. The first-order valence-electron chi connectivity index (χ1n) is 6.73. The van der Waals surface area contributed by atoms with E-state index >= 15 is 0 Å². The van der Waals surface area contributed by atoms with Gasteiger partial charge >= 0.3 is 0 Å². The van der Waals surface area contributed by atoms with Crippen LogP contribution in [0.15, 0.2) is 18.2 Å². The average molecular weight is 248 g/mol. The summed E-state index contributed by atoms with van der Waals surface area (Å²) in [6.45, 7) is 4.39. The monoisotopic (exact) mass is 248 g/mol. The summed E-state index contributed by atoms with van der Waals surface area (Å²) in [6, 6.07) is 6.97. The smallest absolute Gasteiger partial charge is 0.0702 e. The zero-order valence-corrected chi connectivity index (χ0v) is 11.7. The minimum atomic E-state index is 0.127. The number of aliphatic hydroxyl groups excluding tert-OH is 1. The van der Waals surface area contributed by atoms with Gasteiger partial charge in [-0.15, -0.1) is 0 Å². The summed E-state index contributed by atoms with van der Waals surface area (Å²) in [7, 11) is 4.25. The quantitative estimate of drug-likeness (QED) is 0.883. The number of hydrogen-bond acceptors (Lipinski definition) is 3. The predicted octanol–water partition coefficient (Wildman–Crippen LogP) is 2.02. The molecule has 1 aromatic carbocycles.